The summed E-state index contributed by atoms with van der Waals surface area (Å²) in [6, 6.07) is 7.81. The largest absolute Gasteiger partial charge is 0.342 e. The van der Waals surface area contributed by atoms with Gasteiger partial charge in [0.05, 0.1) is 5.41 Å². The molecule has 0 spiro atoms. The number of hydrogen-bond donors (Lipinski definition) is 1. The molecule has 1 saturated carbocycles. The number of nitrogens with zero attached hydrogens (tertiary/aromatic N) is 1. The van der Waals surface area contributed by atoms with Crippen LogP contribution >= 0.6 is 11.6 Å². The molecule has 0 atom stereocenters. The predicted octanol–water partition coefficient (Wildman–Crippen LogP) is 2.83. The summed E-state index contributed by atoms with van der Waals surface area (Å²) in [7, 11) is 2.00. The zero-order valence-corrected chi connectivity index (χ0v) is 13.3. The van der Waals surface area contributed by atoms with Crippen molar-refractivity contribution in [2.24, 2.45) is 5.92 Å². The third-order valence-corrected chi connectivity index (χ3v) is 5.20. The number of nitrogens with one attached hydrogen (secondary N) is 1. The Kier molecular flexibility index (Phi) is 4.23. The van der Waals surface area contributed by atoms with Crippen LogP contribution in [0.3, 0.4) is 0 Å². The van der Waals surface area contributed by atoms with Crippen LogP contribution in [0.1, 0.15) is 31.2 Å². The van der Waals surface area contributed by atoms with E-state index in [0.717, 1.165) is 55.9 Å². The molecule has 1 aliphatic carbocycles. The molecule has 1 amide bonds. The smallest absolute Gasteiger partial charge is 0.233 e. The number of carbonyl (C=O) groups excluding carboxylic acids is 1. The summed E-state index contributed by atoms with van der Waals surface area (Å²) in [6.45, 7) is 2.87. The first kappa shape index (κ1) is 14.9. The normalized spacial score (nSPS) is 21.3. The van der Waals surface area contributed by atoms with Gasteiger partial charge >= 0.3 is 0 Å². The summed E-state index contributed by atoms with van der Waals surface area (Å²) in [4.78, 5) is 15.0. The Labute approximate surface area is 131 Å². The van der Waals surface area contributed by atoms with Crippen LogP contribution in [-0.2, 0) is 10.2 Å². The van der Waals surface area contributed by atoms with Gasteiger partial charge in [-0.15, -0.1) is 0 Å². The van der Waals surface area contributed by atoms with Gasteiger partial charge in [-0.1, -0.05) is 23.7 Å². The van der Waals surface area contributed by atoms with Gasteiger partial charge in [-0.2, -0.15) is 0 Å². The highest BCUT2D eigenvalue weighted by Gasteiger charge is 2.53. The van der Waals surface area contributed by atoms with Crippen molar-refractivity contribution in [2.45, 2.75) is 31.1 Å². The Morgan fingerprint density at radius 2 is 1.90 bits per heavy atom. The van der Waals surface area contributed by atoms with Crippen molar-refractivity contribution in [1.82, 2.24) is 10.2 Å². The lowest BCUT2D eigenvalue weighted by atomic mass is 9.91. The highest BCUT2D eigenvalue weighted by Crippen LogP contribution is 2.50. The first-order valence-electron chi connectivity index (χ1n) is 7.86. The molecule has 3 rings (SSSR count). The Morgan fingerprint density at radius 3 is 2.43 bits per heavy atom. The molecule has 2 aliphatic rings. The van der Waals surface area contributed by atoms with E-state index in [2.05, 4.69) is 10.2 Å². The molecule has 2 fully saturated rings. The summed E-state index contributed by atoms with van der Waals surface area (Å²) < 4.78 is 0. The van der Waals surface area contributed by atoms with Crippen LogP contribution in [0.2, 0.25) is 5.02 Å². The number of carbonyl (C=O) groups is 1. The van der Waals surface area contributed by atoms with E-state index in [1.165, 1.54) is 0 Å². The maximum Gasteiger partial charge on any atom is 0.233 e. The zero-order valence-electron chi connectivity index (χ0n) is 12.6. The first-order valence-corrected chi connectivity index (χ1v) is 8.23. The van der Waals surface area contributed by atoms with Gasteiger partial charge in [0.15, 0.2) is 0 Å². The van der Waals surface area contributed by atoms with Gasteiger partial charge in [0, 0.05) is 18.1 Å². The summed E-state index contributed by atoms with van der Waals surface area (Å²) in [5, 5.41) is 3.97. The van der Waals surface area contributed by atoms with Crippen LogP contribution in [-0.4, -0.2) is 37.5 Å². The van der Waals surface area contributed by atoms with Crippen molar-refractivity contribution in [3.05, 3.63) is 34.9 Å². The molecule has 4 heteroatoms. The maximum absolute atomic E-state index is 12.9. The highest BCUT2D eigenvalue weighted by atomic mass is 35.5. The monoisotopic (exact) mass is 306 g/mol. The van der Waals surface area contributed by atoms with E-state index in [1.807, 2.05) is 31.3 Å². The number of piperidine rings is 1. The summed E-state index contributed by atoms with van der Waals surface area (Å²) in [6.07, 6.45) is 4.18. The SMILES string of the molecule is CNCC1CCN(C(=O)C2(c3ccc(Cl)cc3)CC2)CC1. The van der Waals surface area contributed by atoms with E-state index in [-0.39, 0.29) is 5.41 Å². The van der Waals surface area contributed by atoms with Crippen molar-refractivity contribution >= 4 is 17.5 Å². The standard InChI is InChI=1S/C17H23ClN2O/c1-19-12-13-6-10-20(11-7-13)16(21)17(8-9-17)14-2-4-15(18)5-3-14/h2-5,13,19H,6-12H2,1H3. The summed E-state index contributed by atoms with van der Waals surface area (Å²) >= 11 is 5.95. The van der Waals surface area contributed by atoms with Crippen LogP contribution in [0.5, 0.6) is 0 Å². The molecule has 1 heterocycles. The number of benzene rings is 1. The van der Waals surface area contributed by atoms with Gasteiger partial charge < -0.3 is 10.2 Å². The number of amides is 1. The van der Waals surface area contributed by atoms with Crippen molar-refractivity contribution in [2.75, 3.05) is 26.7 Å². The molecular formula is C17H23ClN2O. The predicted molar refractivity (Wildman–Crippen MR) is 85.6 cm³/mol. The molecule has 0 unspecified atom stereocenters. The highest BCUT2D eigenvalue weighted by molar-refractivity contribution is 6.30. The fourth-order valence-corrected chi connectivity index (χ4v) is 3.58. The van der Waals surface area contributed by atoms with Crippen LogP contribution in [0.15, 0.2) is 24.3 Å². The maximum atomic E-state index is 12.9. The van der Waals surface area contributed by atoms with Crippen molar-refractivity contribution < 1.29 is 4.79 Å². The van der Waals surface area contributed by atoms with E-state index in [1.54, 1.807) is 0 Å². The Bertz CT molecular complexity index is 502. The van der Waals surface area contributed by atoms with Gasteiger partial charge in [0.25, 0.3) is 0 Å². The molecule has 0 radical (unpaired) electrons. The van der Waals surface area contributed by atoms with Crippen molar-refractivity contribution in [3.63, 3.8) is 0 Å². The average molecular weight is 307 g/mol. The lowest BCUT2D eigenvalue weighted by Gasteiger charge is -2.34. The number of halogens is 1. The minimum Gasteiger partial charge on any atom is -0.342 e. The van der Waals surface area contributed by atoms with Crippen LogP contribution in [0, 0.1) is 5.92 Å². The lowest BCUT2D eigenvalue weighted by Crippen LogP contribution is -2.45. The summed E-state index contributed by atoms with van der Waals surface area (Å²) in [5.41, 5.74) is 0.884. The van der Waals surface area contributed by atoms with Crippen molar-refractivity contribution in [3.8, 4) is 0 Å². The van der Waals surface area contributed by atoms with E-state index < -0.39 is 0 Å². The molecule has 3 nitrogen and oxygen atoms in total. The zero-order chi connectivity index (χ0) is 14.9. The summed E-state index contributed by atoms with van der Waals surface area (Å²) in [5.74, 6) is 1.04. The van der Waals surface area contributed by atoms with Gasteiger partial charge in [-0.3, -0.25) is 4.79 Å². The Balaban J connectivity index is 1.67. The molecule has 0 bridgehead atoms. The van der Waals surface area contributed by atoms with E-state index in [9.17, 15) is 4.79 Å². The minimum atomic E-state index is -0.250. The number of rotatable bonds is 4. The van der Waals surface area contributed by atoms with Gasteiger partial charge in [-0.05, 0) is 62.9 Å². The van der Waals surface area contributed by atoms with E-state index in [4.69, 9.17) is 11.6 Å². The van der Waals surface area contributed by atoms with Crippen LogP contribution < -0.4 is 5.32 Å². The number of hydrogen-bond acceptors (Lipinski definition) is 2. The van der Waals surface area contributed by atoms with E-state index in [0.29, 0.717) is 11.8 Å². The van der Waals surface area contributed by atoms with Gasteiger partial charge in [-0.25, -0.2) is 0 Å². The topological polar surface area (TPSA) is 32.3 Å². The second kappa shape index (κ2) is 5.98. The molecule has 21 heavy (non-hydrogen) atoms. The third-order valence-electron chi connectivity index (χ3n) is 4.95. The Morgan fingerprint density at radius 1 is 1.29 bits per heavy atom. The Hall–Kier alpha value is -1.06. The molecule has 114 valence electrons. The van der Waals surface area contributed by atoms with Gasteiger partial charge in [0.2, 0.25) is 5.91 Å². The fourth-order valence-electron chi connectivity index (χ4n) is 3.45. The molecule has 1 aliphatic heterocycles. The van der Waals surface area contributed by atoms with Crippen LogP contribution in [0.25, 0.3) is 0 Å². The third kappa shape index (κ3) is 2.95. The fraction of sp³-hybridized carbons (Fsp3) is 0.588. The van der Waals surface area contributed by atoms with E-state index >= 15 is 0 Å². The molecular weight excluding hydrogens is 284 g/mol. The molecule has 0 aromatic heterocycles. The number of likely N-dealkylation sites (tertiary alicyclic amines) is 1. The van der Waals surface area contributed by atoms with Crippen molar-refractivity contribution in [1.29, 1.82) is 0 Å². The molecule has 1 saturated heterocycles. The molecule has 1 aromatic carbocycles. The first-order chi connectivity index (χ1) is 10.2. The second-order valence-electron chi connectivity index (χ2n) is 6.38. The van der Waals surface area contributed by atoms with Gasteiger partial charge in [0.1, 0.15) is 0 Å². The van der Waals surface area contributed by atoms with Crippen LogP contribution in [0.4, 0.5) is 0 Å². The minimum absolute atomic E-state index is 0.250. The second-order valence-corrected chi connectivity index (χ2v) is 6.82. The molecule has 1 aromatic rings. The quantitative estimate of drug-likeness (QED) is 0.928. The average Bonchev–Trinajstić information content (AvgIpc) is 3.30. The molecule has 1 N–H and O–H groups in total. The lowest BCUT2D eigenvalue weighted by molar-refractivity contribution is -0.135.